The van der Waals surface area contributed by atoms with Gasteiger partial charge in [-0.15, -0.1) is 0 Å². The lowest BCUT2D eigenvalue weighted by atomic mass is 10.3. The van der Waals surface area contributed by atoms with Crippen molar-refractivity contribution in [1.29, 1.82) is 0 Å². The summed E-state index contributed by atoms with van der Waals surface area (Å²) in [4.78, 5) is -0.344. The summed E-state index contributed by atoms with van der Waals surface area (Å²) < 4.78 is 62.2. The van der Waals surface area contributed by atoms with Gasteiger partial charge in [0.1, 0.15) is 5.82 Å². The van der Waals surface area contributed by atoms with E-state index < -0.39 is 36.8 Å². The van der Waals surface area contributed by atoms with E-state index in [1.165, 1.54) is 0 Å². The lowest BCUT2D eigenvalue weighted by molar-refractivity contribution is 0.582. The first-order valence-corrected chi connectivity index (χ1v) is 9.13. The second kappa shape index (κ2) is 5.30. The van der Waals surface area contributed by atoms with E-state index >= 15 is 0 Å². The molecule has 0 amide bonds. The van der Waals surface area contributed by atoms with E-state index in [9.17, 15) is 21.2 Å². The first kappa shape index (κ1) is 15.2. The van der Waals surface area contributed by atoms with Gasteiger partial charge in [0.2, 0.25) is 20.0 Å². The first-order chi connectivity index (χ1) is 9.20. The van der Waals surface area contributed by atoms with Crippen molar-refractivity contribution >= 4 is 25.7 Å². The fourth-order valence-electron chi connectivity index (χ4n) is 2.19. The molecule has 0 atom stereocenters. The number of anilines is 1. The summed E-state index contributed by atoms with van der Waals surface area (Å²) in [6.07, 6.45) is 2.66. The molecule has 0 bridgehead atoms. The van der Waals surface area contributed by atoms with Crippen molar-refractivity contribution in [3.8, 4) is 0 Å². The molecule has 0 aromatic heterocycles. The fourth-order valence-corrected chi connectivity index (χ4v) is 4.32. The molecule has 6 nitrogen and oxygen atoms in total. The number of hydrogen-bond acceptors (Lipinski definition) is 4. The lowest BCUT2D eigenvalue weighted by Crippen LogP contribution is -2.26. The SMILES string of the molecule is NS(=O)(=O)c1ccc(F)c(NS(=O)(=O)C2CCCC2)c1. The average Bonchev–Trinajstić information content (AvgIpc) is 2.84. The minimum Gasteiger partial charge on any atom is -0.280 e. The van der Waals surface area contributed by atoms with Crippen LogP contribution in [-0.4, -0.2) is 22.1 Å². The third-order valence-corrected chi connectivity index (χ3v) is 6.02. The highest BCUT2D eigenvalue weighted by molar-refractivity contribution is 7.93. The molecule has 2 rings (SSSR count). The number of nitrogens with two attached hydrogens (primary N) is 1. The molecule has 1 aromatic rings. The van der Waals surface area contributed by atoms with Gasteiger partial charge in [-0.25, -0.2) is 26.4 Å². The number of benzene rings is 1. The van der Waals surface area contributed by atoms with Gasteiger partial charge in [0.05, 0.1) is 15.8 Å². The van der Waals surface area contributed by atoms with Crippen LogP contribution in [0.1, 0.15) is 25.7 Å². The topological polar surface area (TPSA) is 106 Å². The summed E-state index contributed by atoms with van der Waals surface area (Å²) in [7, 11) is -7.74. The van der Waals surface area contributed by atoms with Gasteiger partial charge in [-0.05, 0) is 31.0 Å². The molecule has 1 aliphatic carbocycles. The smallest absolute Gasteiger partial charge is 0.238 e. The van der Waals surface area contributed by atoms with Gasteiger partial charge in [0, 0.05) is 0 Å². The molecule has 3 N–H and O–H groups in total. The Balaban J connectivity index is 2.33. The summed E-state index contributed by atoms with van der Waals surface area (Å²) >= 11 is 0. The monoisotopic (exact) mass is 322 g/mol. The summed E-state index contributed by atoms with van der Waals surface area (Å²) in [6.45, 7) is 0. The predicted octanol–water partition coefficient (Wildman–Crippen LogP) is 1.16. The van der Waals surface area contributed by atoms with Gasteiger partial charge in [-0.2, -0.15) is 0 Å². The van der Waals surface area contributed by atoms with E-state index in [2.05, 4.69) is 4.72 Å². The molecular formula is C11H15FN2O4S2. The largest absolute Gasteiger partial charge is 0.280 e. The fraction of sp³-hybridized carbons (Fsp3) is 0.455. The zero-order valence-corrected chi connectivity index (χ0v) is 12.2. The number of hydrogen-bond donors (Lipinski definition) is 2. The molecule has 0 heterocycles. The van der Waals surface area contributed by atoms with Gasteiger partial charge in [-0.1, -0.05) is 12.8 Å². The van der Waals surface area contributed by atoms with E-state index in [0.29, 0.717) is 12.8 Å². The molecule has 1 saturated carbocycles. The van der Waals surface area contributed by atoms with Crippen LogP contribution < -0.4 is 9.86 Å². The van der Waals surface area contributed by atoms with Crippen molar-refractivity contribution in [1.82, 2.24) is 0 Å². The van der Waals surface area contributed by atoms with Gasteiger partial charge >= 0.3 is 0 Å². The number of rotatable bonds is 4. The highest BCUT2D eigenvalue weighted by Gasteiger charge is 2.29. The van der Waals surface area contributed by atoms with Crippen molar-refractivity contribution in [2.45, 2.75) is 35.8 Å². The van der Waals surface area contributed by atoms with Crippen LogP contribution in [0, 0.1) is 5.82 Å². The summed E-state index contributed by atoms with van der Waals surface area (Å²) in [6, 6.07) is 2.74. The molecule has 0 saturated heterocycles. The van der Waals surface area contributed by atoms with E-state index in [1.807, 2.05) is 0 Å². The minimum atomic E-state index is -4.02. The summed E-state index contributed by atoms with van der Waals surface area (Å²) in [5.41, 5.74) is -0.400. The number of halogens is 1. The lowest BCUT2D eigenvalue weighted by Gasteiger charge is -2.14. The standard InChI is InChI=1S/C11H15FN2O4S2/c12-10-6-5-9(19(13,15)16)7-11(10)14-20(17,18)8-3-1-2-4-8/h5-8,14H,1-4H2,(H2,13,15,16). The summed E-state index contributed by atoms with van der Waals surface area (Å²) in [5.74, 6) is -0.848. The van der Waals surface area contributed by atoms with E-state index in [4.69, 9.17) is 5.14 Å². The maximum atomic E-state index is 13.6. The number of sulfonamides is 2. The van der Waals surface area contributed by atoms with Crippen LogP contribution in [-0.2, 0) is 20.0 Å². The van der Waals surface area contributed by atoms with Gasteiger partial charge in [0.15, 0.2) is 0 Å². The number of primary sulfonamides is 1. The van der Waals surface area contributed by atoms with Gasteiger partial charge < -0.3 is 0 Å². The normalized spacial score (nSPS) is 17.3. The molecular weight excluding hydrogens is 307 g/mol. The molecule has 20 heavy (non-hydrogen) atoms. The minimum absolute atomic E-state index is 0.344. The van der Waals surface area contributed by atoms with Crippen LogP contribution in [0.2, 0.25) is 0 Å². The second-order valence-corrected chi connectivity index (χ2v) is 8.26. The van der Waals surface area contributed by atoms with Crippen LogP contribution in [0.3, 0.4) is 0 Å². The van der Waals surface area contributed by atoms with Crippen LogP contribution in [0.25, 0.3) is 0 Å². The zero-order chi connectivity index (χ0) is 15.0. The van der Waals surface area contributed by atoms with Gasteiger partial charge in [0.25, 0.3) is 0 Å². The van der Waals surface area contributed by atoms with E-state index in [1.54, 1.807) is 0 Å². The molecule has 0 aliphatic heterocycles. The Labute approximate surface area is 117 Å². The second-order valence-electron chi connectivity index (χ2n) is 4.74. The Kier molecular flexibility index (Phi) is 4.03. The molecule has 0 spiro atoms. The molecule has 112 valence electrons. The summed E-state index contributed by atoms with van der Waals surface area (Å²) in [5, 5.41) is 4.36. The molecule has 0 unspecified atom stereocenters. The zero-order valence-electron chi connectivity index (χ0n) is 10.5. The van der Waals surface area contributed by atoms with Crippen LogP contribution in [0.5, 0.6) is 0 Å². The third kappa shape index (κ3) is 3.28. The molecule has 0 radical (unpaired) electrons. The van der Waals surface area contributed by atoms with Crippen molar-refractivity contribution in [2.24, 2.45) is 5.14 Å². The Bertz CT molecular complexity index is 710. The van der Waals surface area contributed by atoms with Crippen molar-refractivity contribution in [3.63, 3.8) is 0 Å². The van der Waals surface area contributed by atoms with Crippen LogP contribution in [0.4, 0.5) is 10.1 Å². The van der Waals surface area contributed by atoms with Crippen LogP contribution >= 0.6 is 0 Å². The Morgan fingerprint density at radius 3 is 2.30 bits per heavy atom. The number of nitrogens with one attached hydrogen (secondary N) is 1. The van der Waals surface area contributed by atoms with Crippen molar-refractivity contribution in [2.75, 3.05) is 4.72 Å². The highest BCUT2D eigenvalue weighted by atomic mass is 32.2. The maximum absolute atomic E-state index is 13.6. The molecule has 1 aliphatic rings. The quantitative estimate of drug-likeness (QED) is 0.867. The molecule has 1 fully saturated rings. The Hall–Kier alpha value is -1.19. The highest BCUT2D eigenvalue weighted by Crippen LogP contribution is 2.27. The van der Waals surface area contributed by atoms with Crippen molar-refractivity contribution < 1.29 is 21.2 Å². The van der Waals surface area contributed by atoms with Crippen molar-refractivity contribution in [3.05, 3.63) is 24.0 Å². The maximum Gasteiger partial charge on any atom is 0.238 e. The van der Waals surface area contributed by atoms with E-state index in [-0.39, 0.29) is 4.90 Å². The third-order valence-electron chi connectivity index (χ3n) is 3.26. The van der Waals surface area contributed by atoms with Gasteiger partial charge in [-0.3, -0.25) is 4.72 Å². The average molecular weight is 322 g/mol. The molecule has 9 heteroatoms. The Morgan fingerprint density at radius 2 is 1.75 bits per heavy atom. The predicted molar refractivity (Wildman–Crippen MR) is 72.6 cm³/mol. The van der Waals surface area contributed by atoms with Crippen LogP contribution in [0.15, 0.2) is 23.1 Å². The Morgan fingerprint density at radius 1 is 1.15 bits per heavy atom. The van der Waals surface area contributed by atoms with E-state index in [0.717, 1.165) is 31.0 Å². The first-order valence-electron chi connectivity index (χ1n) is 6.04. The molecule has 1 aromatic carbocycles.